The fourth-order valence-electron chi connectivity index (χ4n) is 3.58. The van der Waals surface area contributed by atoms with Gasteiger partial charge in [-0.15, -0.1) is 0 Å². The van der Waals surface area contributed by atoms with Crippen LogP contribution >= 0.6 is 0 Å². The second kappa shape index (κ2) is 6.23. The smallest absolute Gasteiger partial charge is 0.225 e. The van der Waals surface area contributed by atoms with E-state index in [9.17, 15) is 4.79 Å². The van der Waals surface area contributed by atoms with Gasteiger partial charge in [0.1, 0.15) is 0 Å². The number of para-hydroxylation sites is 1. The number of anilines is 2. The van der Waals surface area contributed by atoms with Crippen molar-refractivity contribution in [2.45, 2.75) is 19.8 Å². The molecule has 0 radical (unpaired) electrons. The molecule has 0 N–H and O–H groups in total. The monoisotopic (exact) mass is 322 g/mol. The summed E-state index contributed by atoms with van der Waals surface area (Å²) in [6, 6.07) is 10.5. The predicted molar refractivity (Wildman–Crippen MR) is 94.7 cm³/mol. The van der Waals surface area contributed by atoms with Gasteiger partial charge in [0.15, 0.2) is 5.78 Å². The molecule has 1 atom stereocenters. The fraction of sp³-hybridized carbons (Fsp3) is 0.421. The van der Waals surface area contributed by atoms with Crippen molar-refractivity contribution in [1.82, 2.24) is 9.97 Å². The molecule has 0 saturated carbocycles. The second-order valence-corrected chi connectivity index (χ2v) is 6.78. The van der Waals surface area contributed by atoms with Crippen LogP contribution < -0.4 is 9.80 Å². The van der Waals surface area contributed by atoms with Crippen LogP contribution in [-0.4, -0.2) is 41.9 Å². The molecule has 1 aromatic heterocycles. The van der Waals surface area contributed by atoms with Crippen LogP contribution in [0.25, 0.3) is 0 Å². The van der Waals surface area contributed by atoms with Crippen LogP contribution in [0.15, 0.2) is 36.5 Å². The van der Waals surface area contributed by atoms with Crippen molar-refractivity contribution in [2.75, 3.05) is 36.0 Å². The molecule has 24 heavy (non-hydrogen) atoms. The van der Waals surface area contributed by atoms with Crippen LogP contribution in [-0.2, 0) is 6.42 Å². The van der Waals surface area contributed by atoms with E-state index >= 15 is 0 Å². The molecule has 2 aromatic rings. The molecule has 1 saturated heterocycles. The molecule has 0 spiro atoms. The first-order valence-electron chi connectivity index (χ1n) is 8.65. The van der Waals surface area contributed by atoms with Crippen molar-refractivity contribution in [2.24, 2.45) is 5.92 Å². The molecular weight excluding hydrogens is 300 g/mol. The third-order valence-corrected chi connectivity index (χ3v) is 4.91. The number of aromatic nitrogens is 2. The molecule has 1 aromatic carbocycles. The first kappa shape index (κ1) is 15.1. The minimum Gasteiger partial charge on any atom is -0.368 e. The molecule has 5 heteroatoms. The molecule has 1 fully saturated rings. The zero-order chi connectivity index (χ0) is 16.5. The van der Waals surface area contributed by atoms with Crippen LogP contribution in [0.3, 0.4) is 0 Å². The Morgan fingerprint density at radius 3 is 2.46 bits per heavy atom. The average Bonchev–Trinajstić information content (AvgIpc) is 2.62. The Labute approximate surface area is 142 Å². The number of hydrogen-bond donors (Lipinski definition) is 0. The Hall–Kier alpha value is -2.43. The van der Waals surface area contributed by atoms with Crippen LogP contribution in [0.1, 0.15) is 29.4 Å². The Kier molecular flexibility index (Phi) is 3.92. The molecule has 0 bridgehead atoms. The van der Waals surface area contributed by atoms with E-state index in [1.54, 1.807) is 6.20 Å². The summed E-state index contributed by atoms with van der Waals surface area (Å²) < 4.78 is 0. The average molecular weight is 322 g/mol. The first-order chi connectivity index (χ1) is 11.7. The van der Waals surface area contributed by atoms with Gasteiger partial charge in [-0.25, -0.2) is 9.97 Å². The van der Waals surface area contributed by atoms with E-state index in [0.29, 0.717) is 12.3 Å². The maximum atomic E-state index is 12.1. The van der Waals surface area contributed by atoms with Crippen molar-refractivity contribution in [3.8, 4) is 0 Å². The summed E-state index contributed by atoms with van der Waals surface area (Å²) in [7, 11) is 0. The van der Waals surface area contributed by atoms with E-state index in [1.165, 1.54) is 5.69 Å². The van der Waals surface area contributed by atoms with Gasteiger partial charge in [0, 0.05) is 44.5 Å². The van der Waals surface area contributed by atoms with Crippen molar-refractivity contribution in [1.29, 1.82) is 0 Å². The summed E-state index contributed by atoms with van der Waals surface area (Å²) in [5.74, 6) is 1.33. The minimum atomic E-state index is 0.184. The third-order valence-electron chi connectivity index (χ3n) is 4.91. The number of rotatable bonds is 2. The Morgan fingerprint density at radius 1 is 1.00 bits per heavy atom. The Morgan fingerprint density at radius 2 is 1.71 bits per heavy atom. The number of benzene rings is 1. The fourth-order valence-corrected chi connectivity index (χ4v) is 3.58. The van der Waals surface area contributed by atoms with Crippen molar-refractivity contribution in [3.05, 3.63) is 47.8 Å². The van der Waals surface area contributed by atoms with Crippen LogP contribution in [0.5, 0.6) is 0 Å². The van der Waals surface area contributed by atoms with Crippen LogP contribution in [0.2, 0.25) is 0 Å². The van der Waals surface area contributed by atoms with Gasteiger partial charge in [-0.2, -0.15) is 0 Å². The normalized spacial score (nSPS) is 20.9. The first-order valence-corrected chi connectivity index (χ1v) is 8.65. The van der Waals surface area contributed by atoms with E-state index in [2.05, 4.69) is 46.0 Å². The number of carbonyl (C=O) groups excluding carboxylic acids is 1. The predicted octanol–water partition coefficient (Wildman–Crippen LogP) is 2.57. The van der Waals surface area contributed by atoms with Gasteiger partial charge < -0.3 is 9.80 Å². The summed E-state index contributed by atoms with van der Waals surface area (Å²) in [6.07, 6.45) is 3.22. The SMILES string of the molecule is C[C@H]1CC(=O)c2cnc(N3CCN(c4ccccc4)CC3)nc2C1. The van der Waals surface area contributed by atoms with E-state index in [0.717, 1.165) is 49.8 Å². The molecule has 2 heterocycles. The minimum absolute atomic E-state index is 0.184. The lowest BCUT2D eigenvalue weighted by molar-refractivity contribution is 0.0951. The maximum absolute atomic E-state index is 12.1. The van der Waals surface area contributed by atoms with Gasteiger partial charge in [-0.3, -0.25) is 4.79 Å². The number of ketones is 1. The highest BCUT2D eigenvalue weighted by molar-refractivity contribution is 5.98. The number of piperazine rings is 1. The van der Waals surface area contributed by atoms with Gasteiger partial charge in [-0.05, 0) is 24.5 Å². The van der Waals surface area contributed by atoms with Crippen molar-refractivity contribution >= 4 is 17.4 Å². The lowest BCUT2D eigenvalue weighted by Gasteiger charge is -2.36. The molecule has 1 aliphatic heterocycles. The highest BCUT2D eigenvalue weighted by atomic mass is 16.1. The molecule has 5 nitrogen and oxygen atoms in total. The molecule has 4 rings (SSSR count). The molecule has 124 valence electrons. The summed E-state index contributed by atoms with van der Waals surface area (Å²) in [6.45, 7) is 5.83. The van der Waals surface area contributed by atoms with Crippen LogP contribution in [0, 0.1) is 5.92 Å². The maximum Gasteiger partial charge on any atom is 0.225 e. The van der Waals surface area contributed by atoms with E-state index in [-0.39, 0.29) is 5.78 Å². The highest BCUT2D eigenvalue weighted by Crippen LogP contribution is 2.25. The van der Waals surface area contributed by atoms with Gasteiger partial charge in [0.2, 0.25) is 5.95 Å². The standard InChI is InChI=1S/C19H22N4O/c1-14-11-17-16(18(24)12-14)13-20-19(21-17)23-9-7-22(8-10-23)15-5-3-2-4-6-15/h2-6,13-14H,7-12H2,1H3/t14-/m1/s1. The zero-order valence-electron chi connectivity index (χ0n) is 14.0. The molecule has 0 amide bonds. The molecule has 1 aliphatic carbocycles. The number of carbonyl (C=O) groups is 1. The van der Waals surface area contributed by atoms with Gasteiger partial charge in [-0.1, -0.05) is 25.1 Å². The number of hydrogen-bond acceptors (Lipinski definition) is 5. The number of nitrogens with zero attached hydrogens (tertiary/aromatic N) is 4. The van der Waals surface area contributed by atoms with Gasteiger partial charge in [0.05, 0.1) is 11.3 Å². The summed E-state index contributed by atoms with van der Waals surface area (Å²) in [5, 5.41) is 0. The number of Topliss-reactive ketones (excluding diaryl/α,β-unsaturated/α-hetero) is 1. The van der Waals surface area contributed by atoms with E-state index in [1.807, 2.05) is 6.07 Å². The summed E-state index contributed by atoms with van der Waals surface area (Å²) >= 11 is 0. The number of fused-ring (bicyclic) bond motifs is 1. The van der Waals surface area contributed by atoms with E-state index in [4.69, 9.17) is 4.98 Å². The Balaban J connectivity index is 1.48. The Bertz CT molecular complexity index is 738. The third kappa shape index (κ3) is 2.86. The van der Waals surface area contributed by atoms with Crippen LogP contribution in [0.4, 0.5) is 11.6 Å². The van der Waals surface area contributed by atoms with Gasteiger partial charge in [0.25, 0.3) is 0 Å². The van der Waals surface area contributed by atoms with E-state index < -0.39 is 0 Å². The van der Waals surface area contributed by atoms with Crippen molar-refractivity contribution in [3.63, 3.8) is 0 Å². The second-order valence-electron chi connectivity index (χ2n) is 6.78. The van der Waals surface area contributed by atoms with Crippen molar-refractivity contribution < 1.29 is 4.79 Å². The highest BCUT2D eigenvalue weighted by Gasteiger charge is 2.26. The zero-order valence-corrected chi connectivity index (χ0v) is 14.0. The summed E-state index contributed by atoms with van der Waals surface area (Å²) in [5.41, 5.74) is 2.91. The quantitative estimate of drug-likeness (QED) is 0.850. The molecule has 2 aliphatic rings. The topological polar surface area (TPSA) is 49.3 Å². The lowest BCUT2D eigenvalue weighted by atomic mass is 9.88. The largest absolute Gasteiger partial charge is 0.368 e. The molecule has 0 unspecified atom stereocenters. The lowest BCUT2D eigenvalue weighted by Crippen LogP contribution is -2.47. The molecular formula is C19H22N4O. The summed E-state index contributed by atoms with van der Waals surface area (Å²) in [4.78, 5) is 25.9. The van der Waals surface area contributed by atoms with Gasteiger partial charge >= 0.3 is 0 Å².